The van der Waals surface area contributed by atoms with Gasteiger partial charge in [-0.25, -0.2) is 14.2 Å². The van der Waals surface area contributed by atoms with Gasteiger partial charge in [-0.2, -0.15) is 0 Å². The van der Waals surface area contributed by atoms with Crippen LogP contribution in [0.3, 0.4) is 0 Å². The van der Waals surface area contributed by atoms with E-state index in [1.807, 2.05) is 32.9 Å². The maximum atomic E-state index is 13.1. The first-order valence-electron chi connectivity index (χ1n) is 9.22. The molecule has 1 unspecified atom stereocenters. The summed E-state index contributed by atoms with van der Waals surface area (Å²) in [5.41, 5.74) is 1.43. The molecule has 0 saturated carbocycles. The Bertz CT molecular complexity index is 919. The number of nitrogens with zero attached hydrogens (tertiary/aromatic N) is 1. The van der Waals surface area contributed by atoms with E-state index in [4.69, 9.17) is 14.2 Å². The SMILES string of the molecule is CCOc1cc(/C=C2\N=C(c3ccc(F)cc3)OC2=O)ccc1OC(C)CC. The van der Waals surface area contributed by atoms with Crippen molar-refractivity contribution in [2.45, 2.75) is 33.3 Å². The zero-order valence-electron chi connectivity index (χ0n) is 16.1. The molecule has 0 aliphatic carbocycles. The third-order valence-electron chi connectivity index (χ3n) is 4.19. The molecule has 0 fully saturated rings. The Balaban J connectivity index is 1.88. The van der Waals surface area contributed by atoms with Crippen LogP contribution in [0.2, 0.25) is 0 Å². The molecule has 3 rings (SSSR count). The molecule has 0 N–H and O–H groups in total. The van der Waals surface area contributed by atoms with Gasteiger partial charge in [0.25, 0.3) is 0 Å². The molecule has 6 heteroatoms. The van der Waals surface area contributed by atoms with Crippen molar-refractivity contribution in [3.05, 3.63) is 65.1 Å². The molecule has 1 aliphatic heterocycles. The van der Waals surface area contributed by atoms with E-state index in [-0.39, 0.29) is 23.5 Å². The number of halogens is 1. The van der Waals surface area contributed by atoms with Gasteiger partial charge in [-0.1, -0.05) is 13.0 Å². The van der Waals surface area contributed by atoms with E-state index in [1.54, 1.807) is 12.1 Å². The van der Waals surface area contributed by atoms with Gasteiger partial charge in [0.15, 0.2) is 17.2 Å². The number of rotatable bonds is 7. The number of hydrogen-bond donors (Lipinski definition) is 0. The van der Waals surface area contributed by atoms with Crippen LogP contribution in [0.25, 0.3) is 6.08 Å². The van der Waals surface area contributed by atoms with Crippen LogP contribution < -0.4 is 9.47 Å². The summed E-state index contributed by atoms with van der Waals surface area (Å²) >= 11 is 0. The summed E-state index contributed by atoms with van der Waals surface area (Å²) in [6.07, 6.45) is 2.56. The summed E-state index contributed by atoms with van der Waals surface area (Å²) in [6.45, 7) is 6.43. The predicted octanol–water partition coefficient (Wildman–Crippen LogP) is 4.75. The minimum Gasteiger partial charge on any atom is -0.490 e. The summed E-state index contributed by atoms with van der Waals surface area (Å²) in [5, 5.41) is 0. The van der Waals surface area contributed by atoms with Gasteiger partial charge in [0.1, 0.15) is 5.82 Å². The van der Waals surface area contributed by atoms with Crippen LogP contribution in [0, 0.1) is 5.82 Å². The van der Waals surface area contributed by atoms with E-state index < -0.39 is 5.97 Å². The lowest BCUT2D eigenvalue weighted by molar-refractivity contribution is -0.129. The first-order valence-corrected chi connectivity index (χ1v) is 9.22. The lowest BCUT2D eigenvalue weighted by Crippen LogP contribution is -2.10. The maximum absolute atomic E-state index is 13.1. The average molecular weight is 383 g/mol. The molecule has 0 aromatic heterocycles. The van der Waals surface area contributed by atoms with E-state index in [1.165, 1.54) is 24.3 Å². The molecule has 0 saturated heterocycles. The molecule has 0 radical (unpaired) electrons. The van der Waals surface area contributed by atoms with Crippen LogP contribution >= 0.6 is 0 Å². The molecule has 1 atom stereocenters. The van der Waals surface area contributed by atoms with Crippen LogP contribution in [0.5, 0.6) is 11.5 Å². The molecule has 0 spiro atoms. The Morgan fingerprint density at radius 3 is 2.57 bits per heavy atom. The van der Waals surface area contributed by atoms with E-state index in [0.29, 0.717) is 23.7 Å². The average Bonchev–Trinajstić information content (AvgIpc) is 3.05. The number of aliphatic imine (C=N–C) groups is 1. The highest BCUT2D eigenvalue weighted by Gasteiger charge is 2.24. The third-order valence-corrected chi connectivity index (χ3v) is 4.19. The van der Waals surface area contributed by atoms with Crippen molar-refractivity contribution in [2.24, 2.45) is 4.99 Å². The van der Waals surface area contributed by atoms with Crippen molar-refractivity contribution in [1.29, 1.82) is 0 Å². The lowest BCUT2D eigenvalue weighted by Gasteiger charge is -2.16. The van der Waals surface area contributed by atoms with Crippen molar-refractivity contribution in [3.8, 4) is 11.5 Å². The van der Waals surface area contributed by atoms with Crippen molar-refractivity contribution >= 4 is 17.9 Å². The van der Waals surface area contributed by atoms with Crippen LogP contribution in [-0.2, 0) is 9.53 Å². The Kier molecular flexibility index (Phi) is 6.09. The number of benzene rings is 2. The number of carbonyl (C=O) groups excluding carboxylic acids is 1. The maximum Gasteiger partial charge on any atom is 0.363 e. The van der Waals surface area contributed by atoms with Crippen LogP contribution in [-0.4, -0.2) is 24.6 Å². The largest absolute Gasteiger partial charge is 0.490 e. The number of esters is 1. The number of ether oxygens (including phenoxy) is 3. The summed E-state index contributed by atoms with van der Waals surface area (Å²) in [7, 11) is 0. The monoisotopic (exact) mass is 383 g/mol. The molecule has 0 bridgehead atoms. The van der Waals surface area contributed by atoms with Crippen molar-refractivity contribution < 1.29 is 23.4 Å². The van der Waals surface area contributed by atoms with E-state index in [2.05, 4.69) is 4.99 Å². The molecule has 0 amide bonds. The van der Waals surface area contributed by atoms with Crippen molar-refractivity contribution in [2.75, 3.05) is 6.61 Å². The Hall–Kier alpha value is -3.15. The smallest absolute Gasteiger partial charge is 0.363 e. The van der Waals surface area contributed by atoms with Gasteiger partial charge >= 0.3 is 5.97 Å². The highest BCUT2D eigenvalue weighted by Crippen LogP contribution is 2.31. The second-order valence-corrected chi connectivity index (χ2v) is 6.32. The minimum absolute atomic E-state index is 0.0658. The quantitative estimate of drug-likeness (QED) is 0.512. The van der Waals surface area contributed by atoms with Crippen LogP contribution in [0.4, 0.5) is 4.39 Å². The van der Waals surface area contributed by atoms with E-state index in [9.17, 15) is 9.18 Å². The molecule has 1 heterocycles. The summed E-state index contributed by atoms with van der Waals surface area (Å²) < 4.78 is 29.8. The Morgan fingerprint density at radius 2 is 1.89 bits per heavy atom. The lowest BCUT2D eigenvalue weighted by atomic mass is 10.1. The highest BCUT2D eigenvalue weighted by atomic mass is 19.1. The first kappa shape index (κ1) is 19.6. The third kappa shape index (κ3) is 4.57. The van der Waals surface area contributed by atoms with Crippen LogP contribution in [0.15, 0.2) is 53.2 Å². The fourth-order valence-corrected chi connectivity index (χ4v) is 2.56. The summed E-state index contributed by atoms with van der Waals surface area (Å²) in [6, 6.07) is 11.0. The summed E-state index contributed by atoms with van der Waals surface area (Å²) in [4.78, 5) is 16.4. The fourth-order valence-electron chi connectivity index (χ4n) is 2.56. The van der Waals surface area contributed by atoms with E-state index in [0.717, 1.165) is 12.0 Å². The van der Waals surface area contributed by atoms with Crippen molar-refractivity contribution in [1.82, 2.24) is 0 Å². The molecule has 2 aromatic carbocycles. The van der Waals surface area contributed by atoms with Gasteiger partial charge in [0.2, 0.25) is 5.90 Å². The standard InChI is InChI=1S/C22H22FNO4/c1-4-14(3)27-19-11-6-15(13-20(19)26-5-2)12-18-22(25)28-21(24-18)16-7-9-17(23)10-8-16/h6-14H,4-5H2,1-3H3/b18-12-. The molecule has 2 aromatic rings. The minimum atomic E-state index is -0.558. The normalized spacial score (nSPS) is 15.9. The molecule has 28 heavy (non-hydrogen) atoms. The zero-order chi connectivity index (χ0) is 20.1. The van der Waals surface area contributed by atoms with Gasteiger partial charge in [0.05, 0.1) is 12.7 Å². The predicted molar refractivity (Wildman–Crippen MR) is 105 cm³/mol. The van der Waals surface area contributed by atoms with Crippen LogP contribution in [0.1, 0.15) is 38.3 Å². The highest BCUT2D eigenvalue weighted by molar-refractivity contribution is 6.12. The summed E-state index contributed by atoms with van der Waals surface area (Å²) in [5.74, 6) is 0.483. The zero-order valence-corrected chi connectivity index (χ0v) is 16.1. The molecule has 1 aliphatic rings. The van der Waals surface area contributed by atoms with Gasteiger partial charge in [-0.15, -0.1) is 0 Å². The van der Waals surface area contributed by atoms with Gasteiger partial charge < -0.3 is 14.2 Å². The second kappa shape index (κ2) is 8.69. The molecular weight excluding hydrogens is 361 g/mol. The number of hydrogen-bond acceptors (Lipinski definition) is 5. The number of carbonyl (C=O) groups is 1. The first-order chi connectivity index (χ1) is 13.5. The topological polar surface area (TPSA) is 57.1 Å². The molecular formula is C22H22FNO4. The molecule has 146 valence electrons. The number of cyclic esters (lactones) is 1. The van der Waals surface area contributed by atoms with Crippen molar-refractivity contribution in [3.63, 3.8) is 0 Å². The Labute approximate surface area is 163 Å². The second-order valence-electron chi connectivity index (χ2n) is 6.32. The van der Waals surface area contributed by atoms with Gasteiger partial charge in [-0.3, -0.25) is 0 Å². The molecule has 5 nitrogen and oxygen atoms in total. The Morgan fingerprint density at radius 1 is 1.14 bits per heavy atom. The van der Waals surface area contributed by atoms with Gasteiger partial charge in [0, 0.05) is 5.56 Å². The van der Waals surface area contributed by atoms with E-state index >= 15 is 0 Å². The fraction of sp³-hybridized carbons (Fsp3) is 0.273. The van der Waals surface area contributed by atoms with Gasteiger partial charge in [-0.05, 0) is 68.3 Å².